The number of halogens is 1. The van der Waals surface area contributed by atoms with E-state index in [1.807, 2.05) is 60.4 Å². The van der Waals surface area contributed by atoms with Crippen LogP contribution in [0.15, 0.2) is 48.5 Å². The molecule has 2 aromatic carbocycles. The number of para-hydroxylation sites is 1. The molecule has 0 spiro atoms. The Morgan fingerprint density at radius 3 is 2.88 bits per heavy atom. The first-order valence-corrected chi connectivity index (χ1v) is 9.49. The van der Waals surface area contributed by atoms with E-state index in [1.165, 1.54) is 0 Å². The van der Waals surface area contributed by atoms with E-state index in [4.69, 9.17) is 16.3 Å². The second-order valence-electron chi connectivity index (χ2n) is 5.60. The van der Waals surface area contributed by atoms with Crippen LogP contribution in [0, 0.1) is 0 Å². The van der Waals surface area contributed by atoms with Crippen molar-refractivity contribution in [2.75, 3.05) is 12.4 Å². The molecule has 1 heterocycles. The highest BCUT2D eigenvalue weighted by Gasteiger charge is 2.31. The Hall–Kier alpha value is -1.65. The van der Waals surface area contributed by atoms with Crippen LogP contribution < -0.4 is 4.74 Å². The van der Waals surface area contributed by atoms with Crippen molar-refractivity contribution in [3.63, 3.8) is 0 Å². The zero-order valence-corrected chi connectivity index (χ0v) is 15.1. The van der Waals surface area contributed by atoms with Crippen LogP contribution in [-0.2, 0) is 11.3 Å². The number of hydrogen-bond donors (Lipinski definition) is 0. The van der Waals surface area contributed by atoms with Gasteiger partial charge in [-0.15, -0.1) is 11.8 Å². The zero-order chi connectivity index (χ0) is 16.9. The minimum atomic E-state index is -0.0343. The standard InChI is InChI=1S/C19H20ClNO2S/c1-2-23-17-9-4-3-8-16(17)19-21(18(22)10-11-24-19)13-14-6-5-7-15(20)12-14/h3-9,12,19H,2,10-11,13H2,1H3. The van der Waals surface area contributed by atoms with Crippen molar-refractivity contribution >= 4 is 29.3 Å². The lowest BCUT2D eigenvalue weighted by Gasteiger charge is -2.36. The Bertz CT molecular complexity index is 722. The summed E-state index contributed by atoms with van der Waals surface area (Å²) in [6.45, 7) is 3.13. The Labute approximate surface area is 151 Å². The van der Waals surface area contributed by atoms with E-state index >= 15 is 0 Å². The lowest BCUT2D eigenvalue weighted by molar-refractivity contribution is -0.132. The molecule has 3 nitrogen and oxygen atoms in total. The van der Waals surface area contributed by atoms with Crippen LogP contribution in [-0.4, -0.2) is 23.2 Å². The van der Waals surface area contributed by atoms with Crippen molar-refractivity contribution < 1.29 is 9.53 Å². The predicted molar refractivity (Wildman–Crippen MR) is 99.4 cm³/mol. The van der Waals surface area contributed by atoms with E-state index < -0.39 is 0 Å². The molecule has 1 unspecified atom stereocenters. The maximum absolute atomic E-state index is 12.6. The van der Waals surface area contributed by atoms with Gasteiger partial charge in [-0.3, -0.25) is 4.79 Å². The highest BCUT2D eigenvalue weighted by molar-refractivity contribution is 7.99. The van der Waals surface area contributed by atoms with Crippen molar-refractivity contribution in [3.8, 4) is 5.75 Å². The van der Waals surface area contributed by atoms with E-state index in [-0.39, 0.29) is 11.3 Å². The van der Waals surface area contributed by atoms with Gasteiger partial charge in [-0.1, -0.05) is 41.9 Å². The van der Waals surface area contributed by atoms with E-state index in [0.29, 0.717) is 24.6 Å². The molecule has 1 aliphatic heterocycles. The number of hydrogen-bond acceptors (Lipinski definition) is 3. The summed E-state index contributed by atoms with van der Waals surface area (Å²) >= 11 is 7.87. The third-order valence-electron chi connectivity index (χ3n) is 3.92. The van der Waals surface area contributed by atoms with Crippen LogP contribution in [0.2, 0.25) is 5.02 Å². The third-order valence-corrected chi connectivity index (χ3v) is 5.42. The van der Waals surface area contributed by atoms with Crippen LogP contribution in [0.4, 0.5) is 0 Å². The summed E-state index contributed by atoms with van der Waals surface area (Å²) < 4.78 is 5.77. The van der Waals surface area contributed by atoms with Crippen LogP contribution in [0.25, 0.3) is 0 Å². The van der Waals surface area contributed by atoms with Gasteiger partial charge in [0.05, 0.1) is 6.61 Å². The molecule has 24 heavy (non-hydrogen) atoms. The van der Waals surface area contributed by atoms with Gasteiger partial charge in [0.2, 0.25) is 5.91 Å². The number of thioether (sulfide) groups is 1. The lowest BCUT2D eigenvalue weighted by Crippen LogP contribution is -2.36. The smallest absolute Gasteiger partial charge is 0.224 e. The number of nitrogens with zero attached hydrogens (tertiary/aromatic N) is 1. The van der Waals surface area contributed by atoms with E-state index in [0.717, 1.165) is 22.6 Å². The average Bonchev–Trinajstić information content (AvgIpc) is 2.58. The number of rotatable bonds is 5. The van der Waals surface area contributed by atoms with Crippen molar-refractivity contribution in [1.29, 1.82) is 0 Å². The van der Waals surface area contributed by atoms with Crippen LogP contribution in [0.1, 0.15) is 29.8 Å². The fourth-order valence-corrected chi connectivity index (χ4v) is 4.33. The molecule has 1 aliphatic rings. The highest BCUT2D eigenvalue weighted by atomic mass is 35.5. The second kappa shape index (κ2) is 7.95. The molecule has 126 valence electrons. The summed E-state index contributed by atoms with van der Waals surface area (Å²) in [4.78, 5) is 14.5. The molecule has 0 aromatic heterocycles. The van der Waals surface area contributed by atoms with Gasteiger partial charge in [0.1, 0.15) is 11.1 Å². The zero-order valence-electron chi connectivity index (χ0n) is 13.6. The maximum Gasteiger partial charge on any atom is 0.224 e. The number of ether oxygens (including phenoxy) is 1. The van der Waals surface area contributed by atoms with Gasteiger partial charge >= 0.3 is 0 Å². The van der Waals surface area contributed by atoms with Crippen molar-refractivity contribution in [2.24, 2.45) is 0 Å². The number of carbonyl (C=O) groups is 1. The summed E-state index contributed by atoms with van der Waals surface area (Å²) in [6, 6.07) is 15.7. The fraction of sp³-hybridized carbons (Fsp3) is 0.316. The van der Waals surface area contributed by atoms with E-state index in [1.54, 1.807) is 11.8 Å². The van der Waals surface area contributed by atoms with Gasteiger partial charge in [0.25, 0.3) is 0 Å². The largest absolute Gasteiger partial charge is 0.493 e. The van der Waals surface area contributed by atoms with Gasteiger partial charge in [-0.2, -0.15) is 0 Å². The Kier molecular flexibility index (Phi) is 5.69. The molecule has 3 rings (SSSR count). The Morgan fingerprint density at radius 2 is 2.08 bits per heavy atom. The molecule has 1 atom stereocenters. The first kappa shape index (κ1) is 17.2. The topological polar surface area (TPSA) is 29.5 Å². The highest BCUT2D eigenvalue weighted by Crippen LogP contribution is 2.42. The van der Waals surface area contributed by atoms with Gasteiger partial charge in [0, 0.05) is 29.3 Å². The summed E-state index contributed by atoms with van der Waals surface area (Å²) in [6.07, 6.45) is 0.568. The monoisotopic (exact) mass is 361 g/mol. The van der Waals surface area contributed by atoms with Gasteiger partial charge in [0.15, 0.2) is 0 Å². The molecule has 5 heteroatoms. The molecule has 0 radical (unpaired) electrons. The Balaban J connectivity index is 1.91. The van der Waals surface area contributed by atoms with Crippen molar-refractivity contribution in [2.45, 2.75) is 25.3 Å². The summed E-state index contributed by atoms with van der Waals surface area (Å²) in [7, 11) is 0. The quantitative estimate of drug-likeness (QED) is 0.758. The normalized spacial score (nSPS) is 17.8. The van der Waals surface area contributed by atoms with Crippen LogP contribution in [0.3, 0.4) is 0 Å². The molecule has 1 fully saturated rings. The first-order valence-electron chi connectivity index (χ1n) is 8.06. The SMILES string of the molecule is CCOc1ccccc1C1SCCC(=O)N1Cc1cccc(Cl)c1. The minimum absolute atomic E-state index is 0.0343. The van der Waals surface area contributed by atoms with Gasteiger partial charge in [-0.05, 0) is 30.7 Å². The average molecular weight is 362 g/mol. The van der Waals surface area contributed by atoms with Crippen molar-refractivity contribution in [1.82, 2.24) is 4.90 Å². The molecule has 0 bridgehead atoms. The van der Waals surface area contributed by atoms with Crippen molar-refractivity contribution in [3.05, 3.63) is 64.7 Å². The lowest BCUT2D eigenvalue weighted by atomic mass is 10.1. The Morgan fingerprint density at radius 1 is 1.25 bits per heavy atom. The molecule has 1 saturated heterocycles. The molecule has 0 aliphatic carbocycles. The molecule has 0 N–H and O–H groups in total. The number of carbonyl (C=O) groups excluding carboxylic acids is 1. The first-order chi connectivity index (χ1) is 11.7. The maximum atomic E-state index is 12.6. The summed E-state index contributed by atoms with van der Waals surface area (Å²) in [5, 5.41) is 0.656. The summed E-state index contributed by atoms with van der Waals surface area (Å²) in [5.41, 5.74) is 2.09. The summed E-state index contributed by atoms with van der Waals surface area (Å²) in [5.74, 6) is 1.85. The number of benzene rings is 2. The van der Waals surface area contributed by atoms with Crippen LogP contribution in [0.5, 0.6) is 5.75 Å². The molecule has 1 amide bonds. The minimum Gasteiger partial charge on any atom is -0.493 e. The fourth-order valence-electron chi connectivity index (χ4n) is 2.85. The van der Waals surface area contributed by atoms with Crippen LogP contribution >= 0.6 is 23.4 Å². The van der Waals surface area contributed by atoms with Gasteiger partial charge in [-0.25, -0.2) is 0 Å². The molecule has 0 saturated carbocycles. The second-order valence-corrected chi connectivity index (χ2v) is 7.22. The van der Waals surface area contributed by atoms with Gasteiger partial charge < -0.3 is 9.64 Å². The molecule has 2 aromatic rings. The third kappa shape index (κ3) is 3.87. The number of amides is 1. The van der Waals surface area contributed by atoms with E-state index in [2.05, 4.69) is 0 Å². The molecular formula is C19H20ClNO2S. The predicted octanol–water partition coefficient (Wildman–Crippen LogP) is 4.90. The molecular weight excluding hydrogens is 342 g/mol. The van der Waals surface area contributed by atoms with E-state index in [9.17, 15) is 4.79 Å².